The molecule has 0 amide bonds. The van der Waals surface area contributed by atoms with Crippen LogP contribution in [0.2, 0.25) is 0 Å². The van der Waals surface area contributed by atoms with Crippen LogP contribution in [0.5, 0.6) is 0 Å². The van der Waals surface area contributed by atoms with Gasteiger partial charge >= 0.3 is 5.97 Å². The van der Waals surface area contributed by atoms with Gasteiger partial charge in [-0.1, -0.05) is 0 Å². The van der Waals surface area contributed by atoms with Crippen molar-refractivity contribution in [3.63, 3.8) is 0 Å². The molecule has 0 radical (unpaired) electrons. The highest BCUT2D eigenvalue weighted by Gasteiger charge is 2.21. The van der Waals surface area contributed by atoms with Crippen LogP contribution < -0.4 is 4.72 Å². The Kier molecular flexibility index (Phi) is 5.21. The van der Waals surface area contributed by atoms with E-state index >= 15 is 0 Å². The minimum Gasteiger partial charge on any atom is -0.479 e. The normalized spacial score (nSPS) is 13.2. The van der Waals surface area contributed by atoms with E-state index in [1.165, 1.54) is 13.8 Å². The van der Waals surface area contributed by atoms with Crippen molar-refractivity contribution in [2.24, 2.45) is 0 Å². The zero-order chi connectivity index (χ0) is 15.5. The minimum atomic E-state index is -3.88. The molecule has 0 aliphatic rings. The van der Waals surface area contributed by atoms with E-state index in [0.29, 0.717) is 0 Å². The molecule has 0 aliphatic carbocycles. The molecule has 20 heavy (non-hydrogen) atoms. The van der Waals surface area contributed by atoms with Gasteiger partial charge in [0.05, 0.1) is 4.90 Å². The average molecular weight is 305 g/mol. The minimum absolute atomic E-state index is 0.0382. The number of rotatable bonds is 6. The molecule has 0 heterocycles. The number of hydrogen-bond acceptors (Lipinski definition) is 4. The van der Waals surface area contributed by atoms with Gasteiger partial charge < -0.3 is 10.2 Å². The summed E-state index contributed by atoms with van der Waals surface area (Å²) in [6.07, 6.45) is -1.89. The van der Waals surface area contributed by atoms with Gasteiger partial charge in [-0.15, -0.1) is 0 Å². The number of aliphatic hydroxyl groups excluding tert-OH is 1. The number of benzene rings is 1. The van der Waals surface area contributed by atoms with Crippen molar-refractivity contribution in [2.45, 2.75) is 31.3 Å². The summed E-state index contributed by atoms with van der Waals surface area (Å²) in [5.74, 6) is -1.95. The highest BCUT2D eigenvalue weighted by atomic mass is 32.2. The van der Waals surface area contributed by atoms with Gasteiger partial charge in [-0.25, -0.2) is 22.3 Å². The molecule has 112 valence electrons. The smallest absolute Gasteiger partial charge is 0.332 e. The van der Waals surface area contributed by atoms with E-state index in [1.807, 2.05) is 0 Å². The molecule has 0 aromatic heterocycles. The zero-order valence-electron chi connectivity index (χ0n) is 11.1. The maximum Gasteiger partial charge on any atom is 0.332 e. The summed E-state index contributed by atoms with van der Waals surface area (Å²) in [5.41, 5.74) is 0.516. The molecule has 0 bridgehead atoms. The van der Waals surface area contributed by atoms with Crippen molar-refractivity contribution in [1.82, 2.24) is 4.72 Å². The fraction of sp³-hybridized carbons (Fsp3) is 0.417. The first-order valence-electron chi connectivity index (χ1n) is 5.82. The molecule has 6 nitrogen and oxygen atoms in total. The summed E-state index contributed by atoms with van der Waals surface area (Å²) >= 11 is 0. The number of sulfonamides is 1. The fourth-order valence-electron chi connectivity index (χ4n) is 1.85. The maximum atomic E-state index is 13.1. The first-order chi connectivity index (χ1) is 9.15. The molecule has 1 aromatic carbocycles. The third kappa shape index (κ3) is 3.99. The number of carboxylic acid groups (broad SMARTS) is 1. The standard InChI is InChI=1S/C12H16FNO5S/c1-7-5-9(13)6-8(2)11(7)20(18,19)14-4-3-10(15)12(16)17/h5-6,10,14-15H,3-4H2,1-2H3,(H,16,17). The van der Waals surface area contributed by atoms with Crippen LogP contribution in [0.3, 0.4) is 0 Å². The summed E-state index contributed by atoms with van der Waals surface area (Å²) in [5, 5.41) is 17.5. The third-order valence-corrected chi connectivity index (χ3v) is 4.45. The van der Waals surface area contributed by atoms with Crippen molar-refractivity contribution < 1.29 is 27.8 Å². The van der Waals surface area contributed by atoms with Crippen LogP contribution >= 0.6 is 0 Å². The number of nitrogens with one attached hydrogen (secondary N) is 1. The average Bonchev–Trinajstić information content (AvgIpc) is 2.26. The Bertz CT molecular complexity index is 591. The molecule has 0 spiro atoms. The SMILES string of the molecule is Cc1cc(F)cc(C)c1S(=O)(=O)NCCC(O)C(=O)O. The second-order valence-corrected chi connectivity index (χ2v) is 6.11. The lowest BCUT2D eigenvalue weighted by atomic mass is 10.1. The van der Waals surface area contributed by atoms with Crippen LogP contribution in [0.4, 0.5) is 4.39 Å². The molecule has 0 saturated carbocycles. The quantitative estimate of drug-likeness (QED) is 0.712. The Balaban J connectivity index is 2.88. The number of hydrogen-bond donors (Lipinski definition) is 3. The first kappa shape index (κ1) is 16.5. The highest BCUT2D eigenvalue weighted by Crippen LogP contribution is 2.21. The molecule has 3 N–H and O–H groups in total. The van der Waals surface area contributed by atoms with E-state index in [0.717, 1.165) is 12.1 Å². The van der Waals surface area contributed by atoms with E-state index in [2.05, 4.69) is 4.72 Å². The van der Waals surface area contributed by atoms with E-state index in [-0.39, 0.29) is 29.0 Å². The number of aliphatic carboxylic acids is 1. The van der Waals surface area contributed by atoms with Crippen molar-refractivity contribution in [3.8, 4) is 0 Å². The Hall–Kier alpha value is -1.51. The third-order valence-electron chi connectivity index (χ3n) is 2.69. The molecular formula is C12H16FNO5S. The van der Waals surface area contributed by atoms with Gasteiger partial charge in [0.1, 0.15) is 5.82 Å². The van der Waals surface area contributed by atoms with Gasteiger partial charge in [-0.3, -0.25) is 0 Å². The Morgan fingerprint density at radius 1 is 1.35 bits per heavy atom. The van der Waals surface area contributed by atoms with Gasteiger partial charge in [0.2, 0.25) is 10.0 Å². The molecule has 0 fully saturated rings. The number of carboxylic acids is 1. The van der Waals surface area contributed by atoms with Crippen molar-refractivity contribution in [2.75, 3.05) is 6.54 Å². The molecular weight excluding hydrogens is 289 g/mol. The van der Waals surface area contributed by atoms with Crippen LogP contribution in [-0.4, -0.2) is 37.2 Å². The van der Waals surface area contributed by atoms with Crippen LogP contribution in [0.25, 0.3) is 0 Å². The van der Waals surface area contributed by atoms with Crippen molar-refractivity contribution >= 4 is 16.0 Å². The molecule has 1 atom stereocenters. The number of aliphatic hydroxyl groups is 1. The topological polar surface area (TPSA) is 104 Å². The van der Waals surface area contributed by atoms with E-state index < -0.39 is 27.9 Å². The zero-order valence-corrected chi connectivity index (χ0v) is 11.9. The van der Waals surface area contributed by atoms with Gasteiger partial charge in [0.15, 0.2) is 6.10 Å². The predicted molar refractivity (Wildman–Crippen MR) is 69.3 cm³/mol. The van der Waals surface area contributed by atoms with Gasteiger partial charge in [-0.05, 0) is 43.5 Å². The van der Waals surface area contributed by atoms with E-state index in [9.17, 15) is 17.6 Å². The van der Waals surface area contributed by atoms with Gasteiger partial charge in [0, 0.05) is 6.54 Å². The van der Waals surface area contributed by atoms with E-state index in [1.54, 1.807) is 0 Å². The van der Waals surface area contributed by atoms with E-state index in [4.69, 9.17) is 10.2 Å². The van der Waals surface area contributed by atoms with Gasteiger partial charge in [-0.2, -0.15) is 0 Å². The molecule has 1 unspecified atom stereocenters. The van der Waals surface area contributed by atoms with Gasteiger partial charge in [0.25, 0.3) is 0 Å². The molecule has 0 saturated heterocycles. The lowest BCUT2D eigenvalue weighted by Gasteiger charge is -2.13. The maximum absolute atomic E-state index is 13.1. The lowest BCUT2D eigenvalue weighted by Crippen LogP contribution is -2.30. The molecule has 1 aromatic rings. The number of halogens is 1. The lowest BCUT2D eigenvalue weighted by molar-refractivity contribution is -0.146. The summed E-state index contributed by atoms with van der Waals surface area (Å²) in [6, 6.07) is 2.21. The van der Waals surface area contributed by atoms with Crippen LogP contribution in [0.15, 0.2) is 17.0 Å². The summed E-state index contributed by atoms with van der Waals surface area (Å²) < 4.78 is 39.5. The van der Waals surface area contributed by atoms with Crippen LogP contribution in [-0.2, 0) is 14.8 Å². The highest BCUT2D eigenvalue weighted by molar-refractivity contribution is 7.89. The Morgan fingerprint density at radius 3 is 2.30 bits per heavy atom. The van der Waals surface area contributed by atoms with Crippen LogP contribution in [0, 0.1) is 19.7 Å². The van der Waals surface area contributed by atoms with Crippen molar-refractivity contribution in [3.05, 3.63) is 29.1 Å². The number of carbonyl (C=O) groups is 1. The van der Waals surface area contributed by atoms with Crippen molar-refractivity contribution in [1.29, 1.82) is 0 Å². The summed E-state index contributed by atoms with van der Waals surface area (Å²) in [7, 11) is -3.88. The molecule has 1 rings (SSSR count). The number of aryl methyl sites for hydroxylation is 2. The second kappa shape index (κ2) is 6.29. The van der Waals surface area contributed by atoms with Crippen LogP contribution in [0.1, 0.15) is 17.5 Å². The Morgan fingerprint density at radius 2 is 1.85 bits per heavy atom. The molecule has 0 aliphatic heterocycles. The second-order valence-electron chi connectivity index (χ2n) is 4.41. The largest absolute Gasteiger partial charge is 0.479 e. The molecule has 8 heteroatoms. The first-order valence-corrected chi connectivity index (χ1v) is 7.30. The fourth-order valence-corrected chi connectivity index (χ4v) is 3.34. The monoisotopic (exact) mass is 305 g/mol. The Labute approximate surface area is 116 Å². The summed E-state index contributed by atoms with van der Waals surface area (Å²) in [4.78, 5) is 10.4. The predicted octanol–water partition coefficient (Wildman–Crippen LogP) is 0.556. The summed E-state index contributed by atoms with van der Waals surface area (Å²) in [6.45, 7) is 2.71.